The first-order valence-corrected chi connectivity index (χ1v) is 14.7. The van der Waals surface area contributed by atoms with E-state index in [9.17, 15) is 0 Å². The quantitative estimate of drug-likeness (QED) is 0.219. The fourth-order valence-corrected chi connectivity index (χ4v) is 7.73. The Hall–Kier alpha value is -4.20. The van der Waals surface area contributed by atoms with Crippen molar-refractivity contribution in [3.05, 3.63) is 155 Å². The number of hydrogen-bond donors (Lipinski definition) is 0. The van der Waals surface area contributed by atoms with Gasteiger partial charge in [0.15, 0.2) is 0 Å². The monoisotopic (exact) mass is 516 g/mol. The molecule has 0 N–H and O–H groups in total. The molecule has 7 aromatic rings. The first-order chi connectivity index (χ1) is 19.3. The summed E-state index contributed by atoms with van der Waals surface area (Å²) < 4.78 is 2.74. The molecule has 0 bridgehead atoms. The lowest BCUT2D eigenvalue weighted by Gasteiger charge is -2.25. The van der Waals surface area contributed by atoms with Crippen LogP contribution in [0.3, 0.4) is 0 Å². The fraction of sp³-hybridized carbons (Fsp3) is 0.105. The Bertz CT molecular complexity index is 1990. The summed E-state index contributed by atoms with van der Waals surface area (Å²) >= 11 is 1.89. The topological polar surface area (TPSA) is 0 Å². The molecule has 0 saturated carbocycles. The molecular formula is C38H28S. The van der Waals surface area contributed by atoms with Crippen LogP contribution < -0.4 is 0 Å². The van der Waals surface area contributed by atoms with Gasteiger partial charge in [0.25, 0.3) is 0 Å². The average Bonchev–Trinajstić information content (AvgIpc) is 3.34. The second kappa shape index (κ2) is 9.22. The molecule has 1 aromatic heterocycles. The smallest absolute Gasteiger partial charge is 0.0355 e. The van der Waals surface area contributed by atoms with Gasteiger partial charge >= 0.3 is 0 Å². The van der Waals surface area contributed by atoms with Gasteiger partial charge in [0.2, 0.25) is 0 Å². The molecule has 186 valence electrons. The van der Waals surface area contributed by atoms with Gasteiger partial charge in [-0.25, -0.2) is 0 Å². The van der Waals surface area contributed by atoms with Gasteiger partial charge in [0.05, 0.1) is 0 Å². The Labute approximate surface area is 233 Å². The predicted octanol–water partition coefficient (Wildman–Crippen LogP) is 10.3. The van der Waals surface area contributed by atoms with Gasteiger partial charge in [-0.1, -0.05) is 109 Å². The third-order valence-electron chi connectivity index (χ3n) is 8.53. The van der Waals surface area contributed by atoms with E-state index in [0.29, 0.717) is 5.92 Å². The van der Waals surface area contributed by atoms with Crippen LogP contribution in [0.25, 0.3) is 42.1 Å². The summed E-state index contributed by atoms with van der Waals surface area (Å²) in [6.07, 6.45) is 3.08. The third-order valence-corrected chi connectivity index (χ3v) is 9.68. The molecule has 1 heteroatoms. The van der Waals surface area contributed by atoms with Crippen molar-refractivity contribution in [2.45, 2.75) is 25.2 Å². The molecule has 1 aliphatic carbocycles. The highest BCUT2D eigenvalue weighted by atomic mass is 32.1. The van der Waals surface area contributed by atoms with E-state index in [0.717, 1.165) is 19.3 Å². The van der Waals surface area contributed by atoms with E-state index in [2.05, 4.69) is 127 Å². The van der Waals surface area contributed by atoms with E-state index in [1.165, 1.54) is 69.9 Å². The largest absolute Gasteiger partial charge is 0.135 e. The zero-order chi connectivity index (χ0) is 25.8. The Morgan fingerprint density at radius 3 is 2.15 bits per heavy atom. The molecule has 0 radical (unpaired) electrons. The lowest BCUT2D eigenvalue weighted by Crippen LogP contribution is -2.11. The second-order valence-electron chi connectivity index (χ2n) is 10.9. The summed E-state index contributed by atoms with van der Waals surface area (Å²) in [4.78, 5) is 0. The lowest BCUT2D eigenvalue weighted by molar-refractivity contribution is 0.681. The summed E-state index contributed by atoms with van der Waals surface area (Å²) in [5.74, 6) is 0.452. The molecule has 6 aromatic carbocycles. The van der Waals surface area contributed by atoms with Gasteiger partial charge < -0.3 is 0 Å². The molecule has 1 atom stereocenters. The summed E-state index contributed by atoms with van der Waals surface area (Å²) in [6.45, 7) is 0. The van der Waals surface area contributed by atoms with Gasteiger partial charge in [0.1, 0.15) is 0 Å². The van der Waals surface area contributed by atoms with E-state index < -0.39 is 0 Å². The first-order valence-electron chi connectivity index (χ1n) is 13.9. The zero-order valence-corrected chi connectivity index (χ0v) is 22.5. The van der Waals surface area contributed by atoms with Crippen molar-refractivity contribution >= 4 is 42.3 Å². The van der Waals surface area contributed by atoms with Crippen LogP contribution in [0.5, 0.6) is 0 Å². The molecule has 8 rings (SSSR count). The normalized spacial score (nSPS) is 14.8. The van der Waals surface area contributed by atoms with Crippen LogP contribution >= 0.6 is 11.3 Å². The van der Waals surface area contributed by atoms with Crippen LogP contribution in [0.4, 0.5) is 0 Å². The number of rotatable bonds is 3. The maximum absolute atomic E-state index is 2.39. The second-order valence-corrected chi connectivity index (χ2v) is 12.0. The Balaban J connectivity index is 1.13. The van der Waals surface area contributed by atoms with E-state index in [4.69, 9.17) is 0 Å². The highest BCUT2D eigenvalue weighted by Gasteiger charge is 2.22. The van der Waals surface area contributed by atoms with Crippen molar-refractivity contribution in [3.8, 4) is 11.1 Å². The van der Waals surface area contributed by atoms with E-state index in [-0.39, 0.29) is 0 Å². The fourth-order valence-electron chi connectivity index (χ4n) is 6.64. The molecule has 0 fully saturated rings. The lowest BCUT2D eigenvalue weighted by atomic mass is 9.79. The van der Waals surface area contributed by atoms with Gasteiger partial charge in [-0.05, 0) is 93.1 Å². The first kappa shape index (κ1) is 22.8. The Kier molecular flexibility index (Phi) is 5.38. The van der Waals surface area contributed by atoms with Crippen LogP contribution in [0.15, 0.2) is 127 Å². The highest BCUT2D eigenvalue weighted by molar-refractivity contribution is 7.25. The molecule has 1 unspecified atom stereocenters. The van der Waals surface area contributed by atoms with Crippen LogP contribution in [0.2, 0.25) is 0 Å². The molecule has 0 spiro atoms. The highest BCUT2D eigenvalue weighted by Crippen LogP contribution is 2.40. The predicted molar refractivity (Wildman–Crippen MR) is 168 cm³/mol. The molecule has 0 amide bonds. The van der Waals surface area contributed by atoms with E-state index in [1.54, 1.807) is 0 Å². The molecule has 1 heterocycles. The molecule has 1 aliphatic rings. The summed E-state index contributed by atoms with van der Waals surface area (Å²) in [5, 5.41) is 5.51. The summed E-state index contributed by atoms with van der Waals surface area (Å²) in [7, 11) is 0. The molecule has 0 nitrogen and oxygen atoms in total. The minimum atomic E-state index is 0.452. The van der Waals surface area contributed by atoms with Crippen molar-refractivity contribution < 1.29 is 0 Å². The van der Waals surface area contributed by atoms with Crippen molar-refractivity contribution in [3.63, 3.8) is 0 Å². The van der Waals surface area contributed by atoms with Crippen molar-refractivity contribution in [1.82, 2.24) is 0 Å². The third kappa shape index (κ3) is 3.97. The van der Waals surface area contributed by atoms with Crippen molar-refractivity contribution in [1.29, 1.82) is 0 Å². The minimum absolute atomic E-state index is 0.452. The van der Waals surface area contributed by atoms with Gasteiger partial charge in [-0.3, -0.25) is 0 Å². The minimum Gasteiger partial charge on any atom is -0.135 e. The average molecular weight is 517 g/mol. The van der Waals surface area contributed by atoms with Crippen molar-refractivity contribution in [2.24, 2.45) is 0 Å². The zero-order valence-electron chi connectivity index (χ0n) is 21.7. The van der Waals surface area contributed by atoms with E-state index >= 15 is 0 Å². The summed E-state index contributed by atoms with van der Waals surface area (Å²) in [6, 6.07) is 47.8. The number of hydrogen-bond acceptors (Lipinski definition) is 1. The number of fused-ring (bicyclic) bond motifs is 5. The van der Waals surface area contributed by atoms with Crippen LogP contribution in [0.1, 0.15) is 33.7 Å². The Morgan fingerprint density at radius 1 is 0.538 bits per heavy atom. The van der Waals surface area contributed by atoms with Crippen LogP contribution in [-0.2, 0) is 19.3 Å². The van der Waals surface area contributed by atoms with Crippen molar-refractivity contribution in [2.75, 3.05) is 0 Å². The van der Waals surface area contributed by atoms with E-state index in [1.807, 2.05) is 11.3 Å². The van der Waals surface area contributed by atoms with Gasteiger partial charge in [-0.15, -0.1) is 11.3 Å². The summed E-state index contributed by atoms with van der Waals surface area (Å²) in [5.41, 5.74) is 9.85. The van der Waals surface area contributed by atoms with Gasteiger partial charge in [-0.2, -0.15) is 0 Å². The Morgan fingerprint density at radius 2 is 1.23 bits per heavy atom. The maximum atomic E-state index is 2.39. The number of benzene rings is 6. The molecule has 0 saturated heterocycles. The number of thiophene rings is 1. The van der Waals surface area contributed by atoms with Crippen LogP contribution in [0, 0.1) is 0 Å². The molecule has 0 aliphatic heterocycles. The van der Waals surface area contributed by atoms with Gasteiger partial charge in [0, 0.05) is 20.2 Å². The SMILES string of the molecule is c1ccc2c(c1)CC(c1ccc(Cc3ccc4sc5ccccc5c4c3)cc1)Cc1cccc3cccc-2c13. The molecular weight excluding hydrogens is 488 g/mol. The maximum Gasteiger partial charge on any atom is 0.0355 e. The molecule has 39 heavy (non-hydrogen) atoms. The van der Waals surface area contributed by atoms with Crippen LogP contribution in [-0.4, -0.2) is 0 Å². The standard InChI is InChI=1S/C38H28S/c1-2-11-32-29(7-1)23-31(24-30-10-5-8-28-9-6-13-34(32)38(28)30)27-18-15-25(16-19-27)21-26-17-20-37-35(22-26)33-12-3-4-14-36(33)39-37/h1-20,22,31H,21,23-24H2.